The number of carbonyl (C=O) groups excluding carboxylic acids is 2. The fourth-order valence-corrected chi connectivity index (χ4v) is 4.52. The number of fused-ring (bicyclic) bond motifs is 1. The lowest BCUT2D eigenvalue weighted by Gasteiger charge is -2.16. The van der Waals surface area contributed by atoms with Crippen LogP contribution >= 0.6 is 0 Å². The molecule has 0 aromatic heterocycles. The second-order valence-electron chi connectivity index (χ2n) is 8.25. The molecule has 4 nitrogen and oxygen atoms in total. The number of aryl methyl sites for hydroxylation is 2. The molecule has 28 heavy (non-hydrogen) atoms. The maximum Gasteiger partial charge on any atom is 0.338 e. The number of rotatable bonds is 4. The van der Waals surface area contributed by atoms with Crippen LogP contribution in [-0.2, 0) is 9.47 Å². The van der Waals surface area contributed by atoms with E-state index in [2.05, 4.69) is 0 Å². The number of esters is 2. The van der Waals surface area contributed by atoms with Crippen LogP contribution in [0.25, 0.3) is 0 Å². The van der Waals surface area contributed by atoms with Crippen molar-refractivity contribution in [1.82, 2.24) is 0 Å². The molecule has 2 aliphatic rings. The Morgan fingerprint density at radius 1 is 0.643 bits per heavy atom. The van der Waals surface area contributed by atoms with Gasteiger partial charge < -0.3 is 9.47 Å². The monoisotopic (exact) mass is 378 g/mol. The summed E-state index contributed by atoms with van der Waals surface area (Å²) >= 11 is 0. The van der Waals surface area contributed by atoms with E-state index >= 15 is 0 Å². The average molecular weight is 378 g/mol. The molecule has 2 aromatic carbocycles. The number of ether oxygens (including phenoxy) is 2. The van der Waals surface area contributed by atoms with Crippen molar-refractivity contribution in [1.29, 1.82) is 0 Å². The van der Waals surface area contributed by atoms with Crippen LogP contribution < -0.4 is 0 Å². The first kappa shape index (κ1) is 18.7. The van der Waals surface area contributed by atoms with Crippen LogP contribution in [0.15, 0.2) is 48.5 Å². The Morgan fingerprint density at radius 3 is 1.29 bits per heavy atom. The molecule has 0 saturated heterocycles. The molecule has 0 radical (unpaired) electrons. The van der Waals surface area contributed by atoms with Gasteiger partial charge in [-0.15, -0.1) is 0 Å². The van der Waals surface area contributed by atoms with E-state index in [1.807, 2.05) is 62.4 Å². The molecule has 2 saturated carbocycles. The molecule has 0 atom stereocenters. The molecule has 0 aliphatic heterocycles. The van der Waals surface area contributed by atoms with Crippen LogP contribution in [0.2, 0.25) is 0 Å². The van der Waals surface area contributed by atoms with Gasteiger partial charge in [0.25, 0.3) is 0 Å². The third-order valence-corrected chi connectivity index (χ3v) is 6.05. The SMILES string of the molecule is Cc1ccc(C(=O)OC2CC3CC(OC(=O)c4ccc(C)cc4)CC3C2)cc1. The van der Waals surface area contributed by atoms with E-state index in [0.717, 1.165) is 36.8 Å². The van der Waals surface area contributed by atoms with Crippen LogP contribution in [0.1, 0.15) is 57.5 Å². The third-order valence-electron chi connectivity index (χ3n) is 6.05. The summed E-state index contributed by atoms with van der Waals surface area (Å²) in [6.45, 7) is 3.99. The van der Waals surface area contributed by atoms with Gasteiger partial charge in [-0.1, -0.05) is 35.4 Å². The number of hydrogen-bond acceptors (Lipinski definition) is 4. The minimum Gasteiger partial charge on any atom is -0.459 e. The molecule has 0 spiro atoms. The molecule has 2 fully saturated rings. The zero-order chi connectivity index (χ0) is 19.7. The summed E-state index contributed by atoms with van der Waals surface area (Å²) < 4.78 is 11.4. The largest absolute Gasteiger partial charge is 0.459 e. The van der Waals surface area contributed by atoms with Gasteiger partial charge in [0.05, 0.1) is 11.1 Å². The van der Waals surface area contributed by atoms with Gasteiger partial charge in [-0.3, -0.25) is 0 Å². The van der Waals surface area contributed by atoms with Crippen molar-refractivity contribution in [3.8, 4) is 0 Å². The van der Waals surface area contributed by atoms with Gasteiger partial charge in [0, 0.05) is 0 Å². The summed E-state index contributed by atoms with van der Waals surface area (Å²) in [5.41, 5.74) is 3.46. The molecule has 2 aliphatic carbocycles. The van der Waals surface area contributed by atoms with E-state index in [9.17, 15) is 9.59 Å². The van der Waals surface area contributed by atoms with Gasteiger partial charge in [-0.2, -0.15) is 0 Å². The second kappa shape index (κ2) is 7.78. The van der Waals surface area contributed by atoms with Crippen LogP contribution in [0.4, 0.5) is 0 Å². The molecule has 4 rings (SSSR count). The van der Waals surface area contributed by atoms with Gasteiger partial charge >= 0.3 is 11.9 Å². The molecule has 0 amide bonds. The zero-order valence-electron chi connectivity index (χ0n) is 16.4. The summed E-state index contributed by atoms with van der Waals surface area (Å²) in [4.78, 5) is 24.7. The maximum atomic E-state index is 12.3. The molecule has 0 unspecified atom stereocenters. The zero-order valence-corrected chi connectivity index (χ0v) is 16.4. The smallest absolute Gasteiger partial charge is 0.338 e. The van der Waals surface area contributed by atoms with Gasteiger partial charge in [-0.25, -0.2) is 9.59 Å². The summed E-state index contributed by atoms with van der Waals surface area (Å²) in [5, 5.41) is 0. The van der Waals surface area contributed by atoms with E-state index in [4.69, 9.17) is 9.47 Å². The lowest BCUT2D eigenvalue weighted by Crippen LogP contribution is -2.19. The molecule has 146 valence electrons. The van der Waals surface area contributed by atoms with E-state index < -0.39 is 0 Å². The summed E-state index contributed by atoms with van der Waals surface area (Å²) in [7, 11) is 0. The minimum absolute atomic E-state index is 0.0300. The van der Waals surface area contributed by atoms with Crippen molar-refractivity contribution in [3.63, 3.8) is 0 Å². The predicted octanol–water partition coefficient (Wildman–Crippen LogP) is 4.87. The van der Waals surface area contributed by atoms with Crippen molar-refractivity contribution in [2.24, 2.45) is 11.8 Å². The van der Waals surface area contributed by atoms with Crippen LogP contribution in [-0.4, -0.2) is 24.1 Å². The Labute approximate surface area is 165 Å². The number of benzene rings is 2. The first-order valence-corrected chi connectivity index (χ1v) is 10.0. The highest BCUT2D eigenvalue weighted by molar-refractivity contribution is 5.90. The lowest BCUT2D eigenvalue weighted by atomic mass is 10.0. The molecule has 4 heteroatoms. The van der Waals surface area contributed by atoms with Gasteiger partial charge in [0.2, 0.25) is 0 Å². The van der Waals surface area contributed by atoms with E-state index in [1.165, 1.54) is 0 Å². The van der Waals surface area contributed by atoms with Gasteiger partial charge in [-0.05, 0) is 75.6 Å². The predicted molar refractivity (Wildman–Crippen MR) is 106 cm³/mol. The summed E-state index contributed by atoms with van der Waals surface area (Å²) in [5.74, 6) is 0.443. The van der Waals surface area contributed by atoms with Gasteiger partial charge in [0.15, 0.2) is 0 Å². The van der Waals surface area contributed by atoms with Crippen LogP contribution in [0.5, 0.6) is 0 Å². The van der Waals surface area contributed by atoms with Crippen molar-refractivity contribution in [3.05, 3.63) is 70.8 Å². The molecule has 0 bridgehead atoms. The highest BCUT2D eigenvalue weighted by Gasteiger charge is 2.44. The first-order chi connectivity index (χ1) is 13.5. The Balaban J connectivity index is 1.27. The Bertz CT molecular complexity index is 768. The number of hydrogen-bond donors (Lipinski definition) is 0. The van der Waals surface area contributed by atoms with E-state index in [0.29, 0.717) is 23.0 Å². The highest BCUT2D eigenvalue weighted by Crippen LogP contribution is 2.46. The first-order valence-electron chi connectivity index (χ1n) is 10.0. The number of carbonyl (C=O) groups is 2. The van der Waals surface area contributed by atoms with Crippen molar-refractivity contribution < 1.29 is 19.1 Å². The lowest BCUT2D eigenvalue weighted by molar-refractivity contribution is 0.0226. The summed E-state index contributed by atoms with van der Waals surface area (Å²) in [6.07, 6.45) is 3.39. The van der Waals surface area contributed by atoms with E-state index in [1.54, 1.807) is 0 Å². The van der Waals surface area contributed by atoms with Crippen molar-refractivity contribution >= 4 is 11.9 Å². The Hall–Kier alpha value is -2.62. The quantitative estimate of drug-likeness (QED) is 0.712. The normalized spacial score (nSPS) is 25.9. The second-order valence-corrected chi connectivity index (χ2v) is 8.25. The molecular weight excluding hydrogens is 352 g/mol. The topological polar surface area (TPSA) is 52.6 Å². The maximum absolute atomic E-state index is 12.3. The molecular formula is C24H26O4. The van der Waals surface area contributed by atoms with Crippen LogP contribution in [0, 0.1) is 25.7 Å². The highest BCUT2D eigenvalue weighted by atomic mass is 16.5. The Morgan fingerprint density at radius 2 is 0.964 bits per heavy atom. The summed E-state index contributed by atoms with van der Waals surface area (Å²) in [6, 6.07) is 14.9. The average Bonchev–Trinajstić information content (AvgIpc) is 3.20. The minimum atomic E-state index is -0.243. The third kappa shape index (κ3) is 4.11. The standard InChI is InChI=1S/C24H26O4/c1-15-3-7-17(8-4-15)23(25)27-21-11-19-13-22(14-20(19)12-21)28-24(26)18-9-5-16(2)6-10-18/h3-10,19-22H,11-14H2,1-2H3. The molecule has 0 N–H and O–H groups in total. The van der Waals surface area contributed by atoms with Crippen molar-refractivity contribution in [2.75, 3.05) is 0 Å². The Kier molecular flexibility index (Phi) is 5.21. The van der Waals surface area contributed by atoms with Crippen LogP contribution in [0.3, 0.4) is 0 Å². The van der Waals surface area contributed by atoms with Crippen molar-refractivity contribution in [2.45, 2.75) is 51.7 Å². The molecule has 0 heterocycles. The van der Waals surface area contributed by atoms with Gasteiger partial charge in [0.1, 0.15) is 12.2 Å². The van der Waals surface area contributed by atoms with E-state index in [-0.39, 0.29) is 24.1 Å². The molecule has 2 aromatic rings. The fraction of sp³-hybridized carbons (Fsp3) is 0.417. The fourth-order valence-electron chi connectivity index (χ4n) is 4.52.